The maximum absolute atomic E-state index is 12.6. The summed E-state index contributed by atoms with van der Waals surface area (Å²) in [5.41, 5.74) is 6.82. The van der Waals surface area contributed by atoms with Crippen LogP contribution in [0.3, 0.4) is 0 Å². The van der Waals surface area contributed by atoms with E-state index < -0.39 is 16.1 Å². The van der Waals surface area contributed by atoms with Gasteiger partial charge in [0.1, 0.15) is 0 Å². The van der Waals surface area contributed by atoms with Crippen LogP contribution in [0.15, 0.2) is 29.2 Å². The molecule has 27 heavy (non-hydrogen) atoms. The second-order valence-electron chi connectivity index (χ2n) is 8.30. The van der Waals surface area contributed by atoms with Gasteiger partial charge in [-0.15, -0.1) is 12.4 Å². The minimum Gasteiger partial charge on any atom is -0.341 e. The normalized spacial score (nSPS) is 19.3. The lowest BCUT2D eigenvalue weighted by Crippen LogP contribution is -2.53. The smallest absolute Gasteiger partial charge is 0.240 e. The minimum absolute atomic E-state index is 0. The predicted octanol–water partition coefficient (Wildman–Crippen LogP) is 2.31. The molecule has 1 aliphatic rings. The van der Waals surface area contributed by atoms with Crippen LogP contribution in [0.2, 0.25) is 0 Å². The summed E-state index contributed by atoms with van der Waals surface area (Å²) in [6.45, 7) is 9.32. The zero-order valence-corrected chi connectivity index (χ0v) is 18.2. The third kappa shape index (κ3) is 6.45. The van der Waals surface area contributed by atoms with Gasteiger partial charge in [0.05, 0.1) is 10.9 Å². The zero-order chi connectivity index (χ0) is 19.5. The fraction of sp³-hybridized carbons (Fsp3) is 0.632. The van der Waals surface area contributed by atoms with E-state index in [1.807, 2.05) is 27.7 Å². The molecule has 2 rings (SSSR count). The molecule has 0 aromatic heterocycles. The molecule has 1 amide bonds. The Kier molecular flexibility index (Phi) is 8.29. The summed E-state index contributed by atoms with van der Waals surface area (Å²) < 4.78 is 27.5. The number of benzene rings is 1. The maximum Gasteiger partial charge on any atom is 0.240 e. The number of hydrogen-bond acceptors (Lipinski definition) is 4. The molecule has 8 heteroatoms. The van der Waals surface area contributed by atoms with Crippen LogP contribution in [0.1, 0.15) is 39.2 Å². The molecule has 1 fully saturated rings. The number of hydrogen-bond donors (Lipinski definition) is 2. The predicted molar refractivity (Wildman–Crippen MR) is 110 cm³/mol. The van der Waals surface area contributed by atoms with Gasteiger partial charge in [-0.2, -0.15) is 0 Å². The number of nitrogens with zero attached hydrogens (tertiary/aromatic N) is 1. The largest absolute Gasteiger partial charge is 0.341 e. The molecule has 1 aliphatic heterocycles. The Balaban J connectivity index is 0.00000364. The molecule has 0 spiro atoms. The molecule has 2 atom stereocenters. The van der Waals surface area contributed by atoms with Gasteiger partial charge in [-0.3, -0.25) is 4.79 Å². The molecule has 0 saturated carbocycles. The third-order valence-corrected chi connectivity index (χ3v) is 6.36. The second kappa shape index (κ2) is 9.37. The lowest BCUT2D eigenvalue weighted by Gasteiger charge is -2.37. The van der Waals surface area contributed by atoms with Crippen molar-refractivity contribution < 1.29 is 13.2 Å². The van der Waals surface area contributed by atoms with Crippen molar-refractivity contribution >= 4 is 28.3 Å². The standard InChI is InChI=1S/C19H31N3O3S.ClH/c1-14-7-9-16(10-8-14)26(24,25)21-12-15-6-5-11-22(13-15)18(23)17(20)19(2,3)4;/h7-10,15,17,21H,5-6,11-13,20H2,1-4H3;1H/t15?,17-;/m1./s1. The SMILES string of the molecule is Cc1ccc(S(=O)(=O)NCC2CCCN(C(=O)[C@@H](N)C(C)(C)C)C2)cc1.Cl. The van der Waals surface area contributed by atoms with Crippen LogP contribution in [0.5, 0.6) is 0 Å². The molecule has 1 heterocycles. The number of carbonyl (C=O) groups excluding carboxylic acids is 1. The first-order valence-corrected chi connectivity index (χ1v) is 10.6. The Bertz CT molecular complexity index is 730. The van der Waals surface area contributed by atoms with Crippen LogP contribution >= 0.6 is 12.4 Å². The molecule has 1 saturated heterocycles. The fourth-order valence-corrected chi connectivity index (χ4v) is 4.14. The van der Waals surface area contributed by atoms with Crippen molar-refractivity contribution in [2.24, 2.45) is 17.1 Å². The number of halogens is 1. The van der Waals surface area contributed by atoms with Gasteiger partial charge in [0.25, 0.3) is 0 Å². The summed E-state index contributed by atoms with van der Waals surface area (Å²) in [5, 5.41) is 0. The Labute approximate surface area is 169 Å². The summed E-state index contributed by atoms with van der Waals surface area (Å²) in [6.07, 6.45) is 1.75. The van der Waals surface area contributed by atoms with E-state index in [9.17, 15) is 13.2 Å². The molecule has 3 N–H and O–H groups in total. The van der Waals surface area contributed by atoms with Crippen molar-refractivity contribution in [1.82, 2.24) is 9.62 Å². The molecule has 0 radical (unpaired) electrons. The summed E-state index contributed by atoms with van der Waals surface area (Å²) in [5.74, 6) is 0.0451. The first-order chi connectivity index (χ1) is 12.0. The monoisotopic (exact) mass is 417 g/mol. The van der Waals surface area contributed by atoms with Crippen molar-refractivity contribution in [3.8, 4) is 0 Å². The quantitative estimate of drug-likeness (QED) is 0.768. The summed E-state index contributed by atoms with van der Waals surface area (Å²) >= 11 is 0. The molecule has 6 nitrogen and oxygen atoms in total. The molecule has 0 bridgehead atoms. The summed E-state index contributed by atoms with van der Waals surface area (Å²) in [4.78, 5) is 14.7. The van der Waals surface area contributed by atoms with E-state index in [0.717, 1.165) is 18.4 Å². The van der Waals surface area contributed by atoms with Gasteiger partial charge in [0.15, 0.2) is 0 Å². The van der Waals surface area contributed by atoms with Gasteiger partial charge in [0, 0.05) is 19.6 Å². The second-order valence-corrected chi connectivity index (χ2v) is 10.1. The van der Waals surface area contributed by atoms with Crippen LogP contribution < -0.4 is 10.5 Å². The summed E-state index contributed by atoms with van der Waals surface area (Å²) in [6, 6.07) is 6.23. The maximum atomic E-state index is 12.6. The van der Waals surface area contributed by atoms with Gasteiger partial charge < -0.3 is 10.6 Å². The van der Waals surface area contributed by atoms with E-state index in [2.05, 4.69) is 4.72 Å². The first kappa shape index (κ1) is 23.9. The Morgan fingerprint density at radius 2 is 1.89 bits per heavy atom. The van der Waals surface area contributed by atoms with Gasteiger partial charge in [0.2, 0.25) is 15.9 Å². The molecule has 0 aliphatic carbocycles. The van der Waals surface area contributed by atoms with Crippen LogP contribution in [0, 0.1) is 18.3 Å². The average molecular weight is 418 g/mol. The van der Waals surface area contributed by atoms with Crippen LogP contribution in [0.25, 0.3) is 0 Å². The molecule has 1 aromatic rings. The highest BCUT2D eigenvalue weighted by Gasteiger charge is 2.33. The van der Waals surface area contributed by atoms with Crippen LogP contribution in [-0.2, 0) is 14.8 Å². The van der Waals surface area contributed by atoms with E-state index in [4.69, 9.17) is 5.73 Å². The minimum atomic E-state index is -3.53. The molecule has 154 valence electrons. The molecular weight excluding hydrogens is 386 g/mol. The van der Waals surface area contributed by atoms with E-state index >= 15 is 0 Å². The zero-order valence-electron chi connectivity index (χ0n) is 16.6. The first-order valence-electron chi connectivity index (χ1n) is 9.11. The van der Waals surface area contributed by atoms with Crippen molar-refractivity contribution in [3.05, 3.63) is 29.8 Å². The van der Waals surface area contributed by atoms with E-state index in [1.54, 1.807) is 29.2 Å². The van der Waals surface area contributed by atoms with Crippen molar-refractivity contribution in [2.75, 3.05) is 19.6 Å². The number of carbonyl (C=O) groups is 1. The lowest BCUT2D eigenvalue weighted by atomic mass is 9.86. The number of piperidine rings is 1. The number of rotatable bonds is 5. The van der Waals surface area contributed by atoms with E-state index in [0.29, 0.717) is 19.6 Å². The number of aryl methyl sites for hydroxylation is 1. The van der Waals surface area contributed by atoms with Crippen LogP contribution in [0.4, 0.5) is 0 Å². The average Bonchev–Trinajstić information content (AvgIpc) is 2.58. The van der Waals surface area contributed by atoms with Gasteiger partial charge in [-0.25, -0.2) is 13.1 Å². The third-order valence-electron chi connectivity index (χ3n) is 4.92. The van der Waals surface area contributed by atoms with Crippen molar-refractivity contribution in [3.63, 3.8) is 0 Å². The van der Waals surface area contributed by atoms with Crippen molar-refractivity contribution in [2.45, 2.75) is 51.5 Å². The van der Waals surface area contributed by atoms with E-state index in [-0.39, 0.29) is 34.5 Å². The Morgan fingerprint density at radius 3 is 2.44 bits per heavy atom. The van der Waals surface area contributed by atoms with Crippen LogP contribution in [-0.4, -0.2) is 44.9 Å². The highest BCUT2D eigenvalue weighted by Crippen LogP contribution is 2.23. The lowest BCUT2D eigenvalue weighted by molar-refractivity contribution is -0.136. The molecule has 1 aromatic carbocycles. The topological polar surface area (TPSA) is 92.5 Å². The van der Waals surface area contributed by atoms with Crippen molar-refractivity contribution in [1.29, 1.82) is 0 Å². The Hall–Kier alpha value is -1.15. The fourth-order valence-electron chi connectivity index (χ4n) is 3.03. The highest BCUT2D eigenvalue weighted by atomic mass is 35.5. The van der Waals surface area contributed by atoms with Gasteiger partial charge >= 0.3 is 0 Å². The van der Waals surface area contributed by atoms with Gasteiger partial charge in [-0.05, 0) is 43.2 Å². The highest BCUT2D eigenvalue weighted by molar-refractivity contribution is 7.89. The van der Waals surface area contributed by atoms with Gasteiger partial charge in [-0.1, -0.05) is 38.5 Å². The number of likely N-dealkylation sites (tertiary alicyclic amines) is 1. The number of sulfonamides is 1. The number of nitrogens with two attached hydrogens (primary N) is 1. The number of nitrogens with one attached hydrogen (secondary N) is 1. The Morgan fingerprint density at radius 1 is 1.30 bits per heavy atom. The summed E-state index contributed by atoms with van der Waals surface area (Å²) in [7, 11) is -3.53. The molecular formula is C19H32ClN3O3S. The number of amides is 1. The molecule has 1 unspecified atom stereocenters. The van der Waals surface area contributed by atoms with E-state index in [1.165, 1.54) is 0 Å².